The van der Waals surface area contributed by atoms with Crippen molar-refractivity contribution in [2.75, 3.05) is 44.2 Å². The molecule has 2 N–H and O–H groups in total. The van der Waals surface area contributed by atoms with Crippen LogP contribution in [0.4, 0.5) is 5.69 Å². The molecule has 2 aromatic rings. The first-order valence-corrected chi connectivity index (χ1v) is 9.61. The lowest BCUT2D eigenvalue weighted by atomic mass is 10.0. The summed E-state index contributed by atoms with van der Waals surface area (Å²) in [6.45, 7) is 10.6. The molecule has 27 heavy (non-hydrogen) atoms. The van der Waals surface area contributed by atoms with E-state index in [2.05, 4.69) is 58.2 Å². The van der Waals surface area contributed by atoms with Crippen molar-refractivity contribution in [2.45, 2.75) is 26.4 Å². The third kappa shape index (κ3) is 4.83. The molecule has 0 amide bonds. The van der Waals surface area contributed by atoms with Crippen LogP contribution in [0.2, 0.25) is 0 Å². The molecular weight excluding hydrogens is 340 g/mol. The summed E-state index contributed by atoms with van der Waals surface area (Å²) in [4.78, 5) is 9.35. The molecule has 0 aliphatic carbocycles. The lowest BCUT2D eigenvalue weighted by Crippen LogP contribution is -2.52. The second kappa shape index (κ2) is 8.48. The van der Waals surface area contributed by atoms with Gasteiger partial charge in [0.1, 0.15) is 11.4 Å². The first kappa shape index (κ1) is 19.3. The van der Waals surface area contributed by atoms with E-state index in [0.717, 1.165) is 38.7 Å². The predicted molar refractivity (Wildman–Crippen MR) is 109 cm³/mol. The van der Waals surface area contributed by atoms with Crippen LogP contribution in [0.5, 0.6) is 0 Å². The van der Waals surface area contributed by atoms with Crippen molar-refractivity contribution in [2.24, 2.45) is 4.99 Å². The quantitative estimate of drug-likeness (QED) is 0.626. The molecule has 3 rings (SSSR count). The number of hydrogen-bond acceptors (Lipinski definition) is 4. The molecule has 1 unspecified atom stereocenters. The Kier molecular flexibility index (Phi) is 6.06. The molecule has 0 saturated carbocycles. The third-order valence-corrected chi connectivity index (χ3v) is 4.87. The minimum absolute atomic E-state index is 0.251. The number of guanidine groups is 1. The molecule has 1 fully saturated rings. The van der Waals surface area contributed by atoms with E-state index in [-0.39, 0.29) is 6.54 Å². The van der Waals surface area contributed by atoms with E-state index in [0.29, 0.717) is 5.76 Å². The first-order chi connectivity index (χ1) is 13.0. The monoisotopic (exact) mass is 370 g/mol. The maximum absolute atomic E-state index is 10.7. The molecule has 146 valence electrons. The molecule has 1 aromatic carbocycles. The molecule has 1 aliphatic heterocycles. The van der Waals surface area contributed by atoms with Crippen molar-refractivity contribution in [1.82, 2.24) is 10.2 Å². The highest BCUT2D eigenvalue weighted by Gasteiger charge is 2.27. The van der Waals surface area contributed by atoms with Gasteiger partial charge >= 0.3 is 0 Å². The lowest BCUT2D eigenvalue weighted by molar-refractivity contribution is 0.0434. The van der Waals surface area contributed by atoms with Crippen LogP contribution in [0.25, 0.3) is 0 Å². The largest absolute Gasteiger partial charge is 0.466 e. The van der Waals surface area contributed by atoms with Crippen LogP contribution in [0, 0.1) is 6.92 Å². The Morgan fingerprint density at radius 1 is 1.22 bits per heavy atom. The van der Waals surface area contributed by atoms with Gasteiger partial charge in [-0.25, -0.2) is 4.99 Å². The highest BCUT2D eigenvalue weighted by molar-refractivity contribution is 5.80. The van der Waals surface area contributed by atoms with Crippen LogP contribution in [-0.4, -0.2) is 55.2 Å². The summed E-state index contributed by atoms with van der Waals surface area (Å²) in [6, 6.07) is 12.2. The van der Waals surface area contributed by atoms with E-state index in [1.807, 2.05) is 0 Å². The summed E-state index contributed by atoms with van der Waals surface area (Å²) in [5, 5.41) is 14.0. The van der Waals surface area contributed by atoms with Gasteiger partial charge in [-0.3, -0.25) is 0 Å². The SMILES string of the molecule is CCNC(=NCC(C)(O)c1ccco1)N1CCN(c2cccc(C)c2)CC1. The van der Waals surface area contributed by atoms with E-state index in [1.165, 1.54) is 11.3 Å². The van der Waals surface area contributed by atoms with Crippen molar-refractivity contribution in [1.29, 1.82) is 0 Å². The zero-order valence-electron chi connectivity index (χ0n) is 16.5. The minimum atomic E-state index is -1.12. The zero-order chi connectivity index (χ0) is 19.3. The van der Waals surface area contributed by atoms with Gasteiger partial charge in [0.25, 0.3) is 0 Å². The topological polar surface area (TPSA) is 64.2 Å². The molecule has 6 heteroatoms. The van der Waals surface area contributed by atoms with E-state index < -0.39 is 5.60 Å². The van der Waals surface area contributed by atoms with Crippen molar-refractivity contribution < 1.29 is 9.52 Å². The molecule has 2 heterocycles. The Hall–Kier alpha value is -2.47. The minimum Gasteiger partial charge on any atom is -0.466 e. The highest BCUT2D eigenvalue weighted by atomic mass is 16.4. The van der Waals surface area contributed by atoms with Crippen molar-refractivity contribution in [3.63, 3.8) is 0 Å². The average Bonchev–Trinajstić information content (AvgIpc) is 3.21. The van der Waals surface area contributed by atoms with Gasteiger partial charge in [-0.15, -0.1) is 0 Å². The first-order valence-electron chi connectivity index (χ1n) is 9.61. The fourth-order valence-corrected chi connectivity index (χ4v) is 3.32. The fraction of sp³-hybridized carbons (Fsp3) is 0.476. The Labute approximate surface area is 161 Å². The molecule has 0 radical (unpaired) electrons. The molecule has 1 aromatic heterocycles. The maximum atomic E-state index is 10.7. The second-order valence-electron chi connectivity index (χ2n) is 7.23. The van der Waals surface area contributed by atoms with E-state index in [1.54, 1.807) is 25.3 Å². The van der Waals surface area contributed by atoms with Crippen LogP contribution in [0.1, 0.15) is 25.2 Å². The number of furan rings is 1. The van der Waals surface area contributed by atoms with Gasteiger partial charge in [0.05, 0.1) is 12.8 Å². The Balaban J connectivity index is 1.64. The van der Waals surface area contributed by atoms with Gasteiger partial charge in [0.2, 0.25) is 0 Å². The number of aliphatic imine (C=N–C) groups is 1. The molecule has 0 bridgehead atoms. The highest BCUT2D eigenvalue weighted by Crippen LogP contribution is 2.22. The van der Waals surface area contributed by atoms with Gasteiger partial charge in [0.15, 0.2) is 5.96 Å². The zero-order valence-corrected chi connectivity index (χ0v) is 16.5. The van der Waals surface area contributed by atoms with Crippen molar-refractivity contribution in [3.8, 4) is 0 Å². The predicted octanol–water partition coefficient (Wildman–Crippen LogP) is 2.58. The second-order valence-corrected chi connectivity index (χ2v) is 7.23. The number of nitrogens with one attached hydrogen (secondary N) is 1. The number of aryl methyl sites for hydroxylation is 1. The van der Waals surface area contributed by atoms with Crippen molar-refractivity contribution in [3.05, 3.63) is 54.0 Å². The molecule has 1 atom stereocenters. The number of aliphatic hydroxyl groups is 1. The summed E-state index contributed by atoms with van der Waals surface area (Å²) in [7, 11) is 0. The van der Waals surface area contributed by atoms with E-state index >= 15 is 0 Å². The van der Waals surface area contributed by atoms with E-state index in [4.69, 9.17) is 4.42 Å². The van der Waals surface area contributed by atoms with Gasteiger partial charge in [-0.05, 0) is 50.6 Å². The summed E-state index contributed by atoms with van der Waals surface area (Å²) in [5.74, 6) is 1.37. The Morgan fingerprint density at radius 2 is 2.00 bits per heavy atom. The Bertz CT molecular complexity index is 747. The summed E-state index contributed by atoms with van der Waals surface area (Å²) >= 11 is 0. The number of anilines is 1. The normalized spacial score (nSPS) is 17.7. The van der Waals surface area contributed by atoms with Crippen LogP contribution < -0.4 is 10.2 Å². The van der Waals surface area contributed by atoms with Gasteiger partial charge < -0.3 is 24.6 Å². The molecule has 1 aliphatic rings. The van der Waals surface area contributed by atoms with Crippen LogP contribution >= 0.6 is 0 Å². The Morgan fingerprint density at radius 3 is 2.63 bits per heavy atom. The number of benzene rings is 1. The van der Waals surface area contributed by atoms with Gasteiger partial charge in [-0.1, -0.05) is 12.1 Å². The van der Waals surface area contributed by atoms with E-state index in [9.17, 15) is 5.11 Å². The van der Waals surface area contributed by atoms with Crippen molar-refractivity contribution >= 4 is 11.6 Å². The maximum Gasteiger partial charge on any atom is 0.194 e. The summed E-state index contributed by atoms with van der Waals surface area (Å²) in [6.07, 6.45) is 1.57. The van der Waals surface area contributed by atoms with Gasteiger partial charge in [-0.2, -0.15) is 0 Å². The summed E-state index contributed by atoms with van der Waals surface area (Å²) < 4.78 is 5.35. The van der Waals surface area contributed by atoms with Gasteiger partial charge in [0, 0.05) is 38.4 Å². The number of piperazine rings is 1. The number of hydrogen-bond donors (Lipinski definition) is 2. The molecular formula is C21H30N4O2. The number of nitrogens with zero attached hydrogens (tertiary/aromatic N) is 3. The fourth-order valence-electron chi connectivity index (χ4n) is 3.32. The van der Waals surface area contributed by atoms with Crippen LogP contribution in [0.15, 0.2) is 52.1 Å². The molecule has 1 saturated heterocycles. The molecule has 0 spiro atoms. The standard InChI is InChI=1S/C21H30N4O2/c1-4-22-20(23-16-21(3,26)19-9-6-14-27-19)25-12-10-24(11-13-25)18-8-5-7-17(2)15-18/h5-9,14-15,26H,4,10-13,16H2,1-3H3,(H,22,23). The van der Waals surface area contributed by atoms with Crippen LogP contribution in [0.3, 0.4) is 0 Å². The summed E-state index contributed by atoms with van der Waals surface area (Å²) in [5.41, 5.74) is 1.44. The average molecular weight is 370 g/mol. The number of rotatable bonds is 5. The lowest BCUT2D eigenvalue weighted by Gasteiger charge is -2.38. The smallest absolute Gasteiger partial charge is 0.194 e. The van der Waals surface area contributed by atoms with Crippen LogP contribution in [-0.2, 0) is 5.60 Å². The molecule has 6 nitrogen and oxygen atoms in total. The third-order valence-electron chi connectivity index (χ3n) is 4.87.